The van der Waals surface area contributed by atoms with Crippen LogP contribution in [-0.4, -0.2) is 35.7 Å². The zero-order valence-corrected chi connectivity index (χ0v) is 16.1. The van der Waals surface area contributed by atoms with E-state index in [4.69, 9.17) is 0 Å². The second-order valence-electron chi connectivity index (χ2n) is 7.33. The van der Waals surface area contributed by atoms with Crippen molar-refractivity contribution in [1.29, 1.82) is 0 Å². The Bertz CT molecular complexity index is 324. The number of hydrogen-bond acceptors (Lipinski definition) is 2. The van der Waals surface area contributed by atoms with E-state index >= 15 is 0 Å². The molecule has 1 atom stereocenters. The van der Waals surface area contributed by atoms with Crippen LogP contribution in [0.2, 0.25) is 0 Å². The summed E-state index contributed by atoms with van der Waals surface area (Å²) in [7, 11) is 0. The first-order valence-electron chi connectivity index (χ1n) is 10.5. The smallest absolute Gasteiger partial charge is 0.0679 e. The maximum atomic E-state index is 9.48. The summed E-state index contributed by atoms with van der Waals surface area (Å²) in [5, 5.41) is 9.48. The molecule has 1 aliphatic rings. The van der Waals surface area contributed by atoms with Gasteiger partial charge in [-0.2, -0.15) is 0 Å². The molecule has 2 nitrogen and oxygen atoms in total. The highest BCUT2D eigenvalue weighted by molar-refractivity contribution is 4.92. The summed E-state index contributed by atoms with van der Waals surface area (Å²) in [6, 6.07) is 0. The van der Waals surface area contributed by atoms with Gasteiger partial charge in [-0.25, -0.2) is 0 Å². The number of unbranched alkanes of at least 4 members (excludes halogenated alkanes) is 9. The second kappa shape index (κ2) is 15.9. The Kier molecular flexibility index (Phi) is 14.2. The van der Waals surface area contributed by atoms with Crippen LogP contribution >= 0.6 is 0 Å². The summed E-state index contributed by atoms with van der Waals surface area (Å²) in [6.07, 6.45) is 26.0. The Morgan fingerprint density at radius 1 is 0.833 bits per heavy atom. The second-order valence-corrected chi connectivity index (χ2v) is 7.33. The maximum absolute atomic E-state index is 9.48. The van der Waals surface area contributed by atoms with Gasteiger partial charge in [0, 0.05) is 13.1 Å². The van der Waals surface area contributed by atoms with Crippen molar-refractivity contribution >= 4 is 0 Å². The molecule has 0 aromatic rings. The van der Waals surface area contributed by atoms with E-state index in [1.54, 1.807) is 0 Å². The fraction of sp³-hybridized carbons (Fsp3) is 0.818. The molecule has 140 valence electrons. The van der Waals surface area contributed by atoms with E-state index in [2.05, 4.69) is 36.1 Å². The van der Waals surface area contributed by atoms with Crippen molar-refractivity contribution in [2.75, 3.05) is 19.6 Å². The third-order valence-corrected chi connectivity index (χ3v) is 4.92. The molecule has 1 fully saturated rings. The largest absolute Gasteiger partial charge is 0.392 e. The van der Waals surface area contributed by atoms with Crippen LogP contribution < -0.4 is 0 Å². The minimum Gasteiger partial charge on any atom is -0.392 e. The SMILES string of the molecule is CCCCCC=CCC=CCCCCCCCCN1CCC(O)C1. The number of β-amino-alcohol motifs (C(OH)–C–C–N with tert-alkyl or cyclic N) is 1. The number of allylic oxidation sites excluding steroid dienone is 4. The summed E-state index contributed by atoms with van der Waals surface area (Å²) >= 11 is 0. The molecule has 1 N–H and O–H groups in total. The quantitative estimate of drug-likeness (QED) is 0.299. The van der Waals surface area contributed by atoms with Crippen LogP contribution in [0.15, 0.2) is 24.3 Å². The van der Waals surface area contributed by atoms with Crippen LogP contribution in [-0.2, 0) is 0 Å². The van der Waals surface area contributed by atoms with Crippen LogP contribution in [0, 0.1) is 0 Å². The number of likely N-dealkylation sites (tertiary alicyclic amines) is 1. The van der Waals surface area contributed by atoms with Crippen molar-refractivity contribution in [3.63, 3.8) is 0 Å². The molecule has 2 heteroatoms. The number of aliphatic hydroxyl groups is 1. The summed E-state index contributed by atoms with van der Waals surface area (Å²) in [5.41, 5.74) is 0. The molecule has 0 spiro atoms. The summed E-state index contributed by atoms with van der Waals surface area (Å²) < 4.78 is 0. The minimum absolute atomic E-state index is 0.0606. The molecular formula is C22H41NO. The molecule has 0 amide bonds. The van der Waals surface area contributed by atoms with Crippen molar-refractivity contribution in [2.45, 2.75) is 96.5 Å². The number of aliphatic hydroxyl groups excluding tert-OH is 1. The molecule has 0 bridgehead atoms. The normalized spacial score (nSPS) is 19.2. The fourth-order valence-corrected chi connectivity index (χ4v) is 3.34. The van der Waals surface area contributed by atoms with Crippen molar-refractivity contribution in [2.24, 2.45) is 0 Å². The molecule has 1 saturated heterocycles. The first-order valence-corrected chi connectivity index (χ1v) is 10.5. The minimum atomic E-state index is -0.0606. The molecule has 0 radical (unpaired) electrons. The zero-order chi connectivity index (χ0) is 17.3. The summed E-state index contributed by atoms with van der Waals surface area (Å²) in [6.45, 7) is 5.45. The molecule has 0 aliphatic carbocycles. The zero-order valence-electron chi connectivity index (χ0n) is 16.1. The number of rotatable bonds is 15. The van der Waals surface area contributed by atoms with Crippen molar-refractivity contribution in [1.82, 2.24) is 4.90 Å². The highest BCUT2D eigenvalue weighted by atomic mass is 16.3. The first-order chi connectivity index (χ1) is 11.8. The highest BCUT2D eigenvalue weighted by Crippen LogP contribution is 2.12. The van der Waals surface area contributed by atoms with Gasteiger partial charge < -0.3 is 10.0 Å². The summed E-state index contributed by atoms with van der Waals surface area (Å²) in [4.78, 5) is 2.41. The predicted octanol–water partition coefficient (Wildman–Crippen LogP) is 5.87. The molecule has 0 aromatic heterocycles. The third kappa shape index (κ3) is 12.8. The predicted molar refractivity (Wildman–Crippen MR) is 106 cm³/mol. The first kappa shape index (κ1) is 21.4. The van der Waals surface area contributed by atoms with Crippen LogP contribution in [0.25, 0.3) is 0 Å². The number of hydrogen-bond donors (Lipinski definition) is 1. The fourth-order valence-electron chi connectivity index (χ4n) is 3.34. The van der Waals surface area contributed by atoms with Gasteiger partial charge in [0.05, 0.1) is 6.10 Å². The van der Waals surface area contributed by atoms with Crippen molar-refractivity contribution in [3.05, 3.63) is 24.3 Å². The Morgan fingerprint density at radius 3 is 2.08 bits per heavy atom. The van der Waals surface area contributed by atoms with Gasteiger partial charge in [0.2, 0.25) is 0 Å². The lowest BCUT2D eigenvalue weighted by Gasteiger charge is -2.14. The van der Waals surface area contributed by atoms with Gasteiger partial charge >= 0.3 is 0 Å². The van der Waals surface area contributed by atoms with Gasteiger partial charge in [0.25, 0.3) is 0 Å². The molecule has 0 saturated carbocycles. The standard InChI is InChI=1S/C22H41NO/c1-2-3-4-5-6-7-8-9-10-11-12-13-14-15-16-17-19-23-20-18-22(24)21-23/h6-7,9-10,22,24H,2-5,8,11-21H2,1H3. The Hall–Kier alpha value is -0.600. The molecule has 1 unspecified atom stereocenters. The molecule has 1 aliphatic heterocycles. The average Bonchev–Trinajstić information content (AvgIpc) is 3.00. The Balaban J connectivity index is 1.76. The lowest BCUT2D eigenvalue weighted by molar-refractivity contribution is 0.175. The average molecular weight is 336 g/mol. The van der Waals surface area contributed by atoms with Gasteiger partial charge in [0.1, 0.15) is 0 Å². The van der Waals surface area contributed by atoms with E-state index in [-0.39, 0.29) is 6.10 Å². The van der Waals surface area contributed by atoms with E-state index in [1.807, 2.05) is 0 Å². The van der Waals surface area contributed by atoms with Crippen LogP contribution in [0.5, 0.6) is 0 Å². The summed E-state index contributed by atoms with van der Waals surface area (Å²) in [5.74, 6) is 0. The molecule has 1 rings (SSSR count). The monoisotopic (exact) mass is 335 g/mol. The van der Waals surface area contributed by atoms with E-state index in [0.717, 1.165) is 25.9 Å². The van der Waals surface area contributed by atoms with Crippen LogP contribution in [0.1, 0.15) is 90.4 Å². The molecule has 24 heavy (non-hydrogen) atoms. The van der Waals surface area contributed by atoms with Gasteiger partial charge in [-0.15, -0.1) is 0 Å². The van der Waals surface area contributed by atoms with Crippen LogP contribution in [0.4, 0.5) is 0 Å². The highest BCUT2D eigenvalue weighted by Gasteiger charge is 2.18. The van der Waals surface area contributed by atoms with Crippen molar-refractivity contribution < 1.29 is 5.11 Å². The molecule has 0 aromatic carbocycles. The van der Waals surface area contributed by atoms with E-state index < -0.39 is 0 Å². The topological polar surface area (TPSA) is 23.5 Å². The van der Waals surface area contributed by atoms with Crippen LogP contribution in [0.3, 0.4) is 0 Å². The molecular weight excluding hydrogens is 294 g/mol. The third-order valence-electron chi connectivity index (χ3n) is 4.92. The lowest BCUT2D eigenvalue weighted by atomic mass is 10.1. The maximum Gasteiger partial charge on any atom is 0.0679 e. The van der Waals surface area contributed by atoms with Gasteiger partial charge in [-0.1, -0.05) is 69.8 Å². The Labute approximate surface area is 151 Å². The van der Waals surface area contributed by atoms with E-state index in [1.165, 1.54) is 77.2 Å². The van der Waals surface area contributed by atoms with Crippen molar-refractivity contribution in [3.8, 4) is 0 Å². The van der Waals surface area contributed by atoms with Gasteiger partial charge in [0.15, 0.2) is 0 Å². The van der Waals surface area contributed by atoms with Gasteiger partial charge in [-0.05, 0) is 51.5 Å². The molecule has 1 heterocycles. The number of nitrogens with zero attached hydrogens (tertiary/aromatic N) is 1. The lowest BCUT2D eigenvalue weighted by Crippen LogP contribution is -2.23. The Morgan fingerprint density at radius 2 is 1.46 bits per heavy atom. The van der Waals surface area contributed by atoms with Gasteiger partial charge in [-0.3, -0.25) is 0 Å². The van der Waals surface area contributed by atoms with E-state index in [0.29, 0.717) is 0 Å². The van der Waals surface area contributed by atoms with E-state index in [9.17, 15) is 5.11 Å².